The van der Waals surface area contributed by atoms with E-state index in [-0.39, 0.29) is 11.7 Å². The average molecular weight is 320 g/mol. The molecule has 2 aromatic rings. The fourth-order valence-electron chi connectivity index (χ4n) is 1.67. The first-order valence-corrected chi connectivity index (χ1v) is 7.70. The molecule has 108 valence electrons. The van der Waals surface area contributed by atoms with Gasteiger partial charge < -0.3 is 5.32 Å². The van der Waals surface area contributed by atoms with E-state index in [9.17, 15) is 9.59 Å². The number of halogens is 1. The fourth-order valence-corrected chi connectivity index (χ4v) is 2.49. The predicted octanol–water partition coefficient (Wildman–Crippen LogP) is 4.27. The number of benzene rings is 2. The molecular weight excluding hydrogens is 306 g/mol. The van der Waals surface area contributed by atoms with Crippen LogP contribution in [-0.4, -0.2) is 17.4 Å². The van der Waals surface area contributed by atoms with E-state index in [2.05, 4.69) is 5.32 Å². The summed E-state index contributed by atoms with van der Waals surface area (Å²) >= 11 is 7.24. The molecule has 0 spiro atoms. The van der Waals surface area contributed by atoms with Crippen molar-refractivity contribution in [2.45, 2.75) is 11.8 Å². The van der Waals surface area contributed by atoms with Crippen molar-refractivity contribution in [1.82, 2.24) is 0 Å². The van der Waals surface area contributed by atoms with Crippen molar-refractivity contribution in [2.75, 3.05) is 11.1 Å². The molecule has 1 N–H and O–H groups in total. The lowest BCUT2D eigenvalue weighted by Gasteiger charge is -2.06. The zero-order valence-corrected chi connectivity index (χ0v) is 13.0. The Morgan fingerprint density at radius 1 is 1.05 bits per heavy atom. The van der Waals surface area contributed by atoms with Crippen LogP contribution in [0.1, 0.15) is 17.3 Å². The van der Waals surface area contributed by atoms with Gasteiger partial charge in [-0.1, -0.05) is 11.6 Å². The van der Waals surface area contributed by atoms with Crippen molar-refractivity contribution in [3.05, 3.63) is 59.1 Å². The first kappa shape index (κ1) is 15.6. The van der Waals surface area contributed by atoms with Gasteiger partial charge in [-0.05, 0) is 55.5 Å². The summed E-state index contributed by atoms with van der Waals surface area (Å²) < 4.78 is 0. The quantitative estimate of drug-likeness (QED) is 0.661. The Morgan fingerprint density at radius 3 is 2.24 bits per heavy atom. The Morgan fingerprint density at radius 2 is 1.67 bits per heavy atom. The van der Waals surface area contributed by atoms with Gasteiger partial charge in [0, 0.05) is 21.2 Å². The van der Waals surface area contributed by atoms with Crippen LogP contribution in [0, 0.1) is 0 Å². The van der Waals surface area contributed by atoms with E-state index < -0.39 is 0 Å². The zero-order chi connectivity index (χ0) is 15.2. The molecule has 0 heterocycles. The minimum atomic E-state index is -0.0921. The number of anilines is 1. The number of hydrogen-bond acceptors (Lipinski definition) is 3. The molecule has 0 saturated heterocycles. The molecule has 3 nitrogen and oxygen atoms in total. The van der Waals surface area contributed by atoms with Crippen LogP contribution in [0.15, 0.2) is 53.4 Å². The number of nitrogens with one attached hydrogen (secondary N) is 1. The second-order valence-corrected chi connectivity index (χ2v) is 5.91. The first-order valence-electron chi connectivity index (χ1n) is 6.34. The van der Waals surface area contributed by atoms with Crippen LogP contribution in [0.2, 0.25) is 5.02 Å². The largest absolute Gasteiger partial charge is 0.325 e. The molecule has 0 fully saturated rings. The van der Waals surface area contributed by atoms with Crippen LogP contribution in [0.4, 0.5) is 5.69 Å². The van der Waals surface area contributed by atoms with Gasteiger partial charge in [0.1, 0.15) is 0 Å². The molecule has 0 aromatic heterocycles. The van der Waals surface area contributed by atoms with E-state index in [1.807, 2.05) is 12.1 Å². The second kappa shape index (κ2) is 7.29. The summed E-state index contributed by atoms with van der Waals surface area (Å²) in [6.07, 6.45) is 0. The van der Waals surface area contributed by atoms with E-state index >= 15 is 0 Å². The first-order chi connectivity index (χ1) is 10.0. The number of ketones is 1. The highest BCUT2D eigenvalue weighted by molar-refractivity contribution is 8.00. The Labute approximate surface area is 132 Å². The number of thioether (sulfide) groups is 1. The molecule has 0 radical (unpaired) electrons. The molecule has 0 aliphatic heterocycles. The van der Waals surface area contributed by atoms with Crippen molar-refractivity contribution in [2.24, 2.45) is 0 Å². The van der Waals surface area contributed by atoms with E-state index in [1.54, 1.807) is 36.4 Å². The molecule has 21 heavy (non-hydrogen) atoms. The lowest BCUT2D eigenvalue weighted by atomic mass is 10.1. The zero-order valence-electron chi connectivity index (χ0n) is 11.4. The van der Waals surface area contributed by atoms with Crippen molar-refractivity contribution >= 4 is 40.7 Å². The lowest BCUT2D eigenvalue weighted by Crippen LogP contribution is -2.14. The molecule has 0 aliphatic rings. The molecule has 2 rings (SSSR count). The van der Waals surface area contributed by atoms with Gasteiger partial charge in [-0.2, -0.15) is 0 Å². The van der Waals surface area contributed by atoms with Crippen molar-refractivity contribution in [3.8, 4) is 0 Å². The number of rotatable bonds is 5. The van der Waals surface area contributed by atoms with Crippen LogP contribution < -0.4 is 5.32 Å². The van der Waals surface area contributed by atoms with E-state index in [0.29, 0.717) is 22.0 Å². The summed E-state index contributed by atoms with van der Waals surface area (Å²) in [4.78, 5) is 24.0. The summed E-state index contributed by atoms with van der Waals surface area (Å²) in [5, 5.41) is 3.47. The highest BCUT2D eigenvalue weighted by Crippen LogP contribution is 2.20. The minimum Gasteiger partial charge on any atom is -0.325 e. The molecule has 0 saturated carbocycles. The van der Waals surface area contributed by atoms with Crippen molar-refractivity contribution < 1.29 is 9.59 Å². The maximum absolute atomic E-state index is 11.8. The van der Waals surface area contributed by atoms with Gasteiger partial charge in [-0.15, -0.1) is 11.8 Å². The standard InChI is InChI=1S/C16H14ClNO2S/c1-11(19)12-2-6-14(7-3-12)18-16(20)10-21-15-8-4-13(17)5-9-15/h2-9H,10H2,1H3,(H,18,20). The summed E-state index contributed by atoms with van der Waals surface area (Å²) in [6, 6.07) is 14.2. The van der Waals surface area contributed by atoms with Crippen LogP contribution in [0.3, 0.4) is 0 Å². The molecule has 0 unspecified atom stereocenters. The highest BCUT2D eigenvalue weighted by atomic mass is 35.5. The fraction of sp³-hybridized carbons (Fsp3) is 0.125. The third kappa shape index (κ3) is 4.92. The predicted molar refractivity (Wildman–Crippen MR) is 87.3 cm³/mol. The Balaban J connectivity index is 1.86. The third-order valence-electron chi connectivity index (χ3n) is 2.76. The molecule has 0 bridgehead atoms. The Bertz CT molecular complexity index is 638. The van der Waals surface area contributed by atoms with Crippen molar-refractivity contribution in [3.63, 3.8) is 0 Å². The summed E-state index contributed by atoms with van der Waals surface area (Å²) in [5.41, 5.74) is 1.31. The maximum atomic E-state index is 11.8. The van der Waals surface area contributed by atoms with Gasteiger partial charge in [-0.25, -0.2) is 0 Å². The number of Topliss-reactive ketones (excluding diaryl/α,β-unsaturated/α-hetero) is 1. The second-order valence-electron chi connectivity index (χ2n) is 4.42. The van der Waals surface area contributed by atoms with Gasteiger partial charge in [-0.3, -0.25) is 9.59 Å². The van der Waals surface area contributed by atoms with Crippen LogP contribution in [0.5, 0.6) is 0 Å². The smallest absolute Gasteiger partial charge is 0.234 e. The summed E-state index contributed by atoms with van der Waals surface area (Å²) in [6.45, 7) is 1.51. The monoisotopic (exact) mass is 319 g/mol. The van der Waals surface area contributed by atoms with E-state index in [1.165, 1.54) is 18.7 Å². The van der Waals surface area contributed by atoms with E-state index in [4.69, 9.17) is 11.6 Å². The van der Waals surface area contributed by atoms with Gasteiger partial charge in [0.2, 0.25) is 5.91 Å². The van der Waals surface area contributed by atoms with Crippen LogP contribution in [0.25, 0.3) is 0 Å². The molecule has 0 atom stereocenters. The number of amides is 1. The van der Waals surface area contributed by atoms with Gasteiger partial charge >= 0.3 is 0 Å². The van der Waals surface area contributed by atoms with Crippen LogP contribution in [-0.2, 0) is 4.79 Å². The topological polar surface area (TPSA) is 46.2 Å². The van der Waals surface area contributed by atoms with Gasteiger partial charge in [0.05, 0.1) is 5.75 Å². The van der Waals surface area contributed by atoms with Crippen LogP contribution >= 0.6 is 23.4 Å². The average Bonchev–Trinajstić information content (AvgIpc) is 2.47. The minimum absolute atomic E-state index is 0.00571. The molecule has 1 amide bonds. The van der Waals surface area contributed by atoms with E-state index in [0.717, 1.165) is 4.90 Å². The summed E-state index contributed by atoms with van der Waals surface area (Å²) in [5.74, 6) is 0.229. The third-order valence-corrected chi connectivity index (χ3v) is 4.02. The van der Waals surface area contributed by atoms with Gasteiger partial charge in [0.25, 0.3) is 0 Å². The number of hydrogen-bond donors (Lipinski definition) is 1. The number of carbonyl (C=O) groups is 2. The molecule has 2 aromatic carbocycles. The normalized spacial score (nSPS) is 10.2. The molecular formula is C16H14ClNO2S. The highest BCUT2D eigenvalue weighted by Gasteiger charge is 2.05. The summed E-state index contributed by atoms with van der Waals surface area (Å²) in [7, 11) is 0. The molecule has 5 heteroatoms. The maximum Gasteiger partial charge on any atom is 0.234 e. The molecule has 0 aliphatic carbocycles. The SMILES string of the molecule is CC(=O)c1ccc(NC(=O)CSc2ccc(Cl)cc2)cc1. The number of carbonyl (C=O) groups excluding carboxylic acids is 2. The lowest BCUT2D eigenvalue weighted by molar-refractivity contribution is -0.113. The van der Waals surface area contributed by atoms with Crippen molar-refractivity contribution in [1.29, 1.82) is 0 Å². The van der Waals surface area contributed by atoms with Gasteiger partial charge in [0.15, 0.2) is 5.78 Å². The Kier molecular flexibility index (Phi) is 5.42. The Hall–Kier alpha value is -1.78.